The molecule has 0 N–H and O–H groups in total. The summed E-state index contributed by atoms with van der Waals surface area (Å²) in [6.07, 6.45) is 2.60. The van der Waals surface area contributed by atoms with Crippen LogP contribution >= 0.6 is 0 Å². The van der Waals surface area contributed by atoms with Crippen LogP contribution in [-0.4, -0.2) is 40.9 Å². The fourth-order valence-electron chi connectivity index (χ4n) is 3.16. The van der Waals surface area contributed by atoms with E-state index in [1.807, 2.05) is 18.2 Å². The summed E-state index contributed by atoms with van der Waals surface area (Å²) in [5, 5.41) is 0. The van der Waals surface area contributed by atoms with E-state index in [9.17, 15) is 9.59 Å². The minimum Gasteiger partial charge on any atom is -0.312 e. The van der Waals surface area contributed by atoms with Crippen molar-refractivity contribution in [1.29, 1.82) is 0 Å². The minimum absolute atomic E-state index is 0.00719. The molecule has 3 amide bonds. The normalized spacial score (nSPS) is 23.4. The molecular weight excluding hydrogens is 252 g/mol. The molecule has 0 spiro atoms. The lowest BCUT2D eigenvalue weighted by Gasteiger charge is -2.18. The number of hydrogen-bond donors (Lipinski definition) is 0. The molecular formula is C16H20N2O2. The predicted octanol–water partition coefficient (Wildman–Crippen LogP) is 2.61. The molecule has 4 nitrogen and oxygen atoms in total. The average molecular weight is 272 g/mol. The number of fused-ring (bicyclic) bond motifs is 1. The lowest BCUT2D eigenvalue weighted by atomic mass is 9.98. The van der Waals surface area contributed by atoms with Gasteiger partial charge in [-0.1, -0.05) is 37.3 Å². The van der Waals surface area contributed by atoms with Crippen molar-refractivity contribution in [3.63, 3.8) is 0 Å². The van der Waals surface area contributed by atoms with Gasteiger partial charge in [0, 0.05) is 13.1 Å². The molecule has 1 aromatic carbocycles. The van der Waals surface area contributed by atoms with Gasteiger partial charge in [0.05, 0.1) is 0 Å². The molecule has 2 fully saturated rings. The van der Waals surface area contributed by atoms with E-state index < -0.39 is 0 Å². The summed E-state index contributed by atoms with van der Waals surface area (Å²) < 4.78 is 0. The van der Waals surface area contributed by atoms with Gasteiger partial charge in [-0.3, -0.25) is 9.69 Å². The Morgan fingerprint density at radius 1 is 1.25 bits per heavy atom. The molecule has 1 aromatic rings. The molecule has 2 aliphatic rings. The Morgan fingerprint density at radius 2 is 2.00 bits per heavy atom. The van der Waals surface area contributed by atoms with E-state index in [4.69, 9.17) is 0 Å². The van der Waals surface area contributed by atoms with Crippen LogP contribution in [0.4, 0.5) is 4.79 Å². The van der Waals surface area contributed by atoms with E-state index in [2.05, 4.69) is 19.1 Å². The molecule has 0 bridgehead atoms. The van der Waals surface area contributed by atoms with Gasteiger partial charge in [0.25, 0.3) is 5.91 Å². The number of carbonyl (C=O) groups excluding carboxylic acids is 2. The number of hydrogen-bond acceptors (Lipinski definition) is 2. The highest BCUT2D eigenvalue weighted by Crippen LogP contribution is 2.28. The number of imide groups is 1. The maximum atomic E-state index is 12.2. The Labute approximate surface area is 119 Å². The van der Waals surface area contributed by atoms with E-state index in [-0.39, 0.29) is 18.0 Å². The van der Waals surface area contributed by atoms with E-state index >= 15 is 0 Å². The zero-order chi connectivity index (χ0) is 14.1. The lowest BCUT2D eigenvalue weighted by molar-refractivity contribution is -0.128. The van der Waals surface area contributed by atoms with Crippen molar-refractivity contribution >= 4 is 11.9 Å². The number of benzene rings is 1. The smallest absolute Gasteiger partial charge is 0.312 e. The van der Waals surface area contributed by atoms with Crippen molar-refractivity contribution in [1.82, 2.24) is 9.80 Å². The first-order valence-electron chi connectivity index (χ1n) is 7.35. The molecule has 106 valence electrons. The summed E-state index contributed by atoms with van der Waals surface area (Å²) in [7, 11) is 0. The topological polar surface area (TPSA) is 40.6 Å². The number of urea groups is 1. The molecule has 0 aliphatic carbocycles. The molecule has 0 aromatic heterocycles. The van der Waals surface area contributed by atoms with Gasteiger partial charge >= 0.3 is 6.03 Å². The van der Waals surface area contributed by atoms with Crippen molar-refractivity contribution in [2.45, 2.75) is 38.1 Å². The summed E-state index contributed by atoms with van der Waals surface area (Å²) in [6.45, 7) is 3.40. The molecule has 2 heterocycles. The number of carbonyl (C=O) groups is 2. The summed E-state index contributed by atoms with van der Waals surface area (Å²) >= 11 is 0. The summed E-state index contributed by atoms with van der Waals surface area (Å²) in [5.74, 6) is 0.361. The van der Waals surface area contributed by atoms with Gasteiger partial charge in [0.2, 0.25) is 0 Å². The van der Waals surface area contributed by atoms with Crippen LogP contribution in [0.15, 0.2) is 30.3 Å². The van der Waals surface area contributed by atoms with Crippen molar-refractivity contribution in [2.75, 3.05) is 13.1 Å². The molecule has 0 saturated carbocycles. The molecule has 20 heavy (non-hydrogen) atoms. The largest absolute Gasteiger partial charge is 0.327 e. The first-order chi connectivity index (χ1) is 9.68. The fourth-order valence-corrected chi connectivity index (χ4v) is 3.16. The molecule has 4 heteroatoms. The van der Waals surface area contributed by atoms with Crippen molar-refractivity contribution in [3.8, 4) is 0 Å². The van der Waals surface area contributed by atoms with Crippen LogP contribution in [0.3, 0.4) is 0 Å². The molecule has 2 atom stereocenters. The van der Waals surface area contributed by atoms with E-state index in [0.29, 0.717) is 12.5 Å². The Balaban J connectivity index is 1.62. The molecule has 2 saturated heterocycles. The molecule has 2 unspecified atom stereocenters. The van der Waals surface area contributed by atoms with Crippen LogP contribution in [0.25, 0.3) is 0 Å². The number of amides is 3. The SMILES string of the molecule is CC(CCN1C(=O)C2CCCN2C1=O)c1ccccc1. The van der Waals surface area contributed by atoms with Crippen LogP contribution in [0.2, 0.25) is 0 Å². The van der Waals surface area contributed by atoms with Crippen LogP contribution < -0.4 is 0 Å². The Bertz CT molecular complexity index is 492. The fraction of sp³-hybridized carbons (Fsp3) is 0.500. The van der Waals surface area contributed by atoms with Gasteiger partial charge in [-0.15, -0.1) is 0 Å². The van der Waals surface area contributed by atoms with Crippen molar-refractivity contribution in [2.24, 2.45) is 0 Å². The average Bonchev–Trinajstić information content (AvgIpc) is 3.03. The Kier molecular flexibility index (Phi) is 3.47. The van der Waals surface area contributed by atoms with Crippen LogP contribution in [0, 0.1) is 0 Å². The third-order valence-corrected chi connectivity index (χ3v) is 4.43. The highest BCUT2D eigenvalue weighted by molar-refractivity contribution is 6.04. The molecule has 2 aliphatic heterocycles. The standard InChI is InChI=1S/C16H20N2O2/c1-12(13-6-3-2-4-7-13)9-11-18-15(19)14-8-5-10-17(14)16(18)20/h2-4,6-7,12,14H,5,8-11H2,1H3. The Hall–Kier alpha value is -1.84. The second-order valence-corrected chi connectivity index (χ2v) is 5.72. The zero-order valence-corrected chi connectivity index (χ0v) is 11.8. The monoisotopic (exact) mass is 272 g/mol. The van der Waals surface area contributed by atoms with Crippen molar-refractivity contribution in [3.05, 3.63) is 35.9 Å². The van der Waals surface area contributed by atoms with E-state index in [1.54, 1.807) is 4.90 Å². The third-order valence-electron chi connectivity index (χ3n) is 4.43. The highest BCUT2D eigenvalue weighted by atomic mass is 16.2. The van der Waals surface area contributed by atoms with Gasteiger partial charge in [-0.25, -0.2) is 4.79 Å². The van der Waals surface area contributed by atoms with Gasteiger partial charge < -0.3 is 4.90 Å². The van der Waals surface area contributed by atoms with Crippen molar-refractivity contribution < 1.29 is 9.59 Å². The summed E-state index contributed by atoms with van der Waals surface area (Å²) in [5.41, 5.74) is 1.26. The minimum atomic E-state index is -0.172. The highest BCUT2D eigenvalue weighted by Gasteiger charge is 2.46. The maximum Gasteiger partial charge on any atom is 0.327 e. The van der Waals surface area contributed by atoms with Gasteiger partial charge in [-0.2, -0.15) is 0 Å². The van der Waals surface area contributed by atoms with E-state index in [0.717, 1.165) is 25.8 Å². The predicted molar refractivity (Wildman–Crippen MR) is 76.3 cm³/mol. The zero-order valence-electron chi connectivity index (χ0n) is 11.8. The Morgan fingerprint density at radius 3 is 2.70 bits per heavy atom. The van der Waals surface area contributed by atoms with Gasteiger partial charge in [0.15, 0.2) is 0 Å². The van der Waals surface area contributed by atoms with Crippen LogP contribution in [0.1, 0.15) is 37.7 Å². The maximum absolute atomic E-state index is 12.2. The summed E-state index contributed by atoms with van der Waals surface area (Å²) in [6, 6.07) is 9.97. The van der Waals surface area contributed by atoms with Crippen LogP contribution in [0.5, 0.6) is 0 Å². The van der Waals surface area contributed by atoms with Gasteiger partial charge in [0.1, 0.15) is 6.04 Å². The third kappa shape index (κ3) is 2.19. The van der Waals surface area contributed by atoms with Gasteiger partial charge in [-0.05, 0) is 30.7 Å². The second kappa shape index (κ2) is 5.27. The van der Waals surface area contributed by atoms with E-state index in [1.165, 1.54) is 10.5 Å². The molecule has 0 radical (unpaired) electrons. The second-order valence-electron chi connectivity index (χ2n) is 5.72. The first-order valence-corrected chi connectivity index (χ1v) is 7.35. The molecule has 3 rings (SSSR count). The summed E-state index contributed by atoms with van der Waals surface area (Å²) in [4.78, 5) is 27.6. The quantitative estimate of drug-likeness (QED) is 0.790. The lowest BCUT2D eigenvalue weighted by Crippen LogP contribution is -2.34. The van der Waals surface area contributed by atoms with Crippen LogP contribution in [-0.2, 0) is 4.79 Å². The number of nitrogens with zero attached hydrogens (tertiary/aromatic N) is 2. The first kappa shape index (κ1) is 13.2. The number of rotatable bonds is 4.